The van der Waals surface area contributed by atoms with E-state index in [9.17, 15) is 14.7 Å². The summed E-state index contributed by atoms with van der Waals surface area (Å²) in [6.07, 6.45) is 3.72. The van der Waals surface area contributed by atoms with Crippen molar-refractivity contribution < 1.29 is 19.4 Å². The maximum Gasteiger partial charge on any atom is 0.301 e. The minimum atomic E-state index is -0.893. The van der Waals surface area contributed by atoms with Gasteiger partial charge in [0, 0.05) is 6.20 Å². The van der Waals surface area contributed by atoms with E-state index in [1.54, 1.807) is 54.8 Å². The molecule has 1 aliphatic heterocycles. The van der Waals surface area contributed by atoms with E-state index in [4.69, 9.17) is 4.74 Å². The predicted octanol–water partition coefficient (Wildman–Crippen LogP) is 4.61. The van der Waals surface area contributed by atoms with Gasteiger partial charge in [-0.05, 0) is 50.1 Å². The summed E-state index contributed by atoms with van der Waals surface area (Å²) >= 11 is 1.21. The zero-order valence-electron chi connectivity index (χ0n) is 20.1. The molecule has 1 saturated heterocycles. The summed E-state index contributed by atoms with van der Waals surface area (Å²) in [7, 11) is 0. The molecule has 1 amide bonds. The first-order valence-electron chi connectivity index (χ1n) is 11.7. The molecule has 9 nitrogen and oxygen atoms in total. The fourth-order valence-corrected chi connectivity index (χ4v) is 5.05. The summed E-state index contributed by atoms with van der Waals surface area (Å²) in [5.41, 5.74) is 2.13. The van der Waals surface area contributed by atoms with E-state index in [-0.39, 0.29) is 16.5 Å². The van der Waals surface area contributed by atoms with Crippen molar-refractivity contribution >= 4 is 39.6 Å². The van der Waals surface area contributed by atoms with Crippen LogP contribution in [0.15, 0.2) is 54.2 Å². The van der Waals surface area contributed by atoms with Crippen molar-refractivity contribution in [2.45, 2.75) is 39.7 Å². The van der Waals surface area contributed by atoms with Crippen molar-refractivity contribution in [3.63, 3.8) is 0 Å². The van der Waals surface area contributed by atoms with Crippen molar-refractivity contribution in [3.05, 3.63) is 76.2 Å². The van der Waals surface area contributed by atoms with Gasteiger partial charge in [-0.3, -0.25) is 18.9 Å². The summed E-state index contributed by atoms with van der Waals surface area (Å²) in [5.74, 6) is -1.17. The number of amides is 1. The lowest BCUT2D eigenvalue weighted by Crippen LogP contribution is -2.29. The second-order valence-electron chi connectivity index (χ2n) is 8.52. The van der Waals surface area contributed by atoms with Crippen molar-refractivity contribution in [2.75, 3.05) is 11.5 Å². The number of unbranched alkanes of at least 4 members (excludes halogenated alkanes) is 1. The maximum absolute atomic E-state index is 13.4. The Morgan fingerprint density at radius 3 is 2.58 bits per heavy atom. The number of aromatic nitrogens is 4. The molecule has 1 aliphatic rings. The number of ketones is 1. The normalized spacial score (nSPS) is 17.3. The second kappa shape index (κ2) is 9.54. The topological polar surface area (TPSA) is 110 Å². The number of anilines is 1. The Bertz CT molecular complexity index is 1490. The van der Waals surface area contributed by atoms with Crippen molar-refractivity contribution in [3.8, 4) is 5.75 Å². The van der Waals surface area contributed by atoms with Crippen LogP contribution in [0.3, 0.4) is 0 Å². The molecule has 1 fully saturated rings. The number of aliphatic hydroxyl groups is 1. The van der Waals surface area contributed by atoms with Crippen molar-refractivity contribution in [2.24, 2.45) is 0 Å². The largest absolute Gasteiger partial charge is 0.505 e. The number of rotatable bonds is 7. The number of carbonyl (C=O) groups excluding carboxylic acids is 2. The van der Waals surface area contributed by atoms with Gasteiger partial charge in [-0.15, -0.1) is 10.2 Å². The maximum atomic E-state index is 13.4. The van der Waals surface area contributed by atoms with Crippen LogP contribution in [0, 0.1) is 13.8 Å². The third-order valence-corrected chi connectivity index (χ3v) is 6.89. The number of nitrogens with zero attached hydrogens (tertiary/aromatic N) is 5. The van der Waals surface area contributed by atoms with Gasteiger partial charge in [-0.25, -0.2) is 4.98 Å². The molecule has 4 aromatic rings. The lowest BCUT2D eigenvalue weighted by atomic mass is 9.96. The SMILES string of the molecule is CCCCOc1ccc(C2C(=C(O)c3c(C)nc4ccccn34)C(=O)C(=O)N2c2nnc(C)s2)cc1. The van der Waals surface area contributed by atoms with E-state index < -0.39 is 17.7 Å². The number of aliphatic hydroxyl groups excluding tert-OH is 1. The van der Waals surface area contributed by atoms with Crippen LogP contribution in [0.2, 0.25) is 0 Å². The number of aryl methyl sites for hydroxylation is 2. The van der Waals surface area contributed by atoms with Gasteiger partial charge in [0.25, 0.3) is 5.78 Å². The Balaban J connectivity index is 1.67. The Hall–Kier alpha value is -4.05. The summed E-state index contributed by atoms with van der Waals surface area (Å²) < 4.78 is 7.48. The van der Waals surface area contributed by atoms with Gasteiger partial charge in [-0.1, -0.05) is 42.9 Å². The number of carbonyl (C=O) groups is 2. The number of hydrogen-bond donors (Lipinski definition) is 1. The van der Waals surface area contributed by atoms with Crippen molar-refractivity contribution in [1.82, 2.24) is 19.6 Å². The van der Waals surface area contributed by atoms with Gasteiger partial charge in [-0.2, -0.15) is 0 Å². The molecule has 36 heavy (non-hydrogen) atoms. The fourth-order valence-electron chi connectivity index (χ4n) is 4.34. The van der Waals surface area contributed by atoms with E-state index >= 15 is 0 Å². The van der Waals surface area contributed by atoms with Crippen LogP contribution in [-0.2, 0) is 9.59 Å². The van der Waals surface area contributed by atoms with E-state index in [1.807, 2.05) is 12.1 Å². The molecular formula is C26H25N5O4S. The molecule has 0 aliphatic carbocycles. The zero-order chi connectivity index (χ0) is 25.4. The second-order valence-corrected chi connectivity index (χ2v) is 9.68. The minimum absolute atomic E-state index is 0.0266. The van der Waals surface area contributed by atoms with Crippen LogP contribution >= 0.6 is 11.3 Å². The zero-order valence-corrected chi connectivity index (χ0v) is 21.0. The number of ether oxygens (including phenoxy) is 1. The highest BCUT2D eigenvalue weighted by molar-refractivity contribution is 7.15. The highest BCUT2D eigenvalue weighted by atomic mass is 32.1. The molecule has 0 bridgehead atoms. The van der Waals surface area contributed by atoms with E-state index in [2.05, 4.69) is 22.1 Å². The number of pyridine rings is 1. The molecule has 0 saturated carbocycles. The Morgan fingerprint density at radius 2 is 1.89 bits per heavy atom. The van der Waals surface area contributed by atoms with E-state index in [0.717, 1.165) is 12.8 Å². The molecule has 4 heterocycles. The minimum Gasteiger partial charge on any atom is -0.505 e. The average molecular weight is 504 g/mol. The predicted molar refractivity (Wildman–Crippen MR) is 136 cm³/mol. The number of hydrogen-bond acceptors (Lipinski definition) is 8. The molecule has 3 aromatic heterocycles. The fraction of sp³-hybridized carbons (Fsp3) is 0.269. The first-order valence-corrected chi connectivity index (χ1v) is 12.5. The van der Waals surface area contributed by atoms with Crippen LogP contribution in [0.25, 0.3) is 11.4 Å². The van der Waals surface area contributed by atoms with Gasteiger partial charge in [0.05, 0.1) is 23.9 Å². The van der Waals surface area contributed by atoms with Gasteiger partial charge >= 0.3 is 5.91 Å². The van der Waals surface area contributed by atoms with Gasteiger partial charge in [0.2, 0.25) is 5.13 Å². The summed E-state index contributed by atoms with van der Waals surface area (Å²) in [6, 6.07) is 11.8. The summed E-state index contributed by atoms with van der Waals surface area (Å²) in [4.78, 5) is 32.5. The Morgan fingerprint density at radius 1 is 1.11 bits per heavy atom. The lowest BCUT2D eigenvalue weighted by Gasteiger charge is -2.22. The molecule has 1 aromatic carbocycles. The number of imidazole rings is 1. The molecule has 184 valence electrons. The van der Waals surface area contributed by atoms with Crippen LogP contribution in [0.4, 0.5) is 5.13 Å². The highest BCUT2D eigenvalue weighted by Gasteiger charge is 2.48. The third kappa shape index (κ3) is 4.03. The third-order valence-electron chi connectivity index (χ3n) is 6.06. The van der Waals surface area contributed by atoms with Crippen LogP contribution in [0.5, 0.6) is 5.75 Å². The van der Waals surface area contributed by atoms with Crippen molar-refractivity contribution in [1.29, 1.82) is 0 Å². The monoisotopic (exact) mass is 503 g/mol. The quantitative estimate of drug-likeness (QED) is 0.170. The number of benzene rings is 1. The van der Waals surface area contributed by atoms with Crippen LogP contribution in [0.1, 0.15) is 47.8 Å². The Kier molecular flexibility index (Phi) is 6.27. The molecule has 1 atom stereocenters. The first-order chi connectivity index (χ1) is 17.4. The van der Waals surface area contributed by atoms with Gasteiger partial charge < -0.3 is 9.84 Å². The molecule has 0 radical (unpaired) electrons. The van der Waals surface area contributed by atoms with Gasteiger partial charge in [0.1, 0.15) is 22.1 Å². The van der Waals surface area contributed by atoms with E-state index in [0.29, 0.717) is 40.0 Å². The molecule has 10 heteroatoms. The molecular weight excluding hydrogens is 478 g/mol. The number of fused-ring (bicyclic) bond motifs is 1. The summed E-state index contributed by atoms with van der Waals surface area (Å²) in [6.45, 7) is 6.22. The summed E-state index contributed by atoms with van der Waals surface area (Å²) in [5, 5.41) is 20.6. The highest BCUT2D eigenvalue weighted by Crippen LogP contribution is 2.43. The molecule has 1 N–H and O–H groups in total. The number of Topliss-reactive ketones (excluding diaryl/α,β-unsaturated/α-hetero) is 1. The molecule has 5 rings (SSSR count). The van der Waals surface area contributed by atoms with Crippen LogP contribution < -0.4 is 9.64 Å². The Labute approximate surface area is 211 Å². The first kappa shape index (κ1) is 23.7. The van der Waals surface area contributed by atoms with Crippen LogP contribution in [-0.4, -0.2) is 43.0 Å². The lowest BCUT2D eigenvalue weighted by molar-refractivity contribution is -0.132. The average Bonchev–Trinajstić information content (AvgIpc) is 3.52. The standard InChI is InChI=1S/C26H25N5O4S/c1-4-5-14-35-18-11-9-17(10-12-18)22-20(24(33)25(34)31(22)26-29-28-16(3)36-26)23(32)21-15(2)27-19-8-6-7-13-30(19)21/h6-13,22,32H,4-5,14H2,1-3H3. The molecule has 0 spiro atoms. The van der Waals surface area contributed by atoms with Gasteiger partial charge in [0.15, 0.2) is 5.76 Å². The smallest absolute Gasteiger partial charge is 0.301 e. The van der Waals surface area contributed by atoms with E-state index in [1.165, 1.54) is 16.2 Å². The molecule has 1 unspecified atom stereocenters.